The third-order valence-electron chi connectivity index (χ3n) is 4.84. The molecule has 0 aliphatic heterocycles. The van der Waals surface area contributed by atoms with Gasteiger partial charge in [-0.3, -0.25) is 4.79 Å². The van der Waals surface area contributed by atoms with Crippen LogP contribution < -0.4 is 5.32 Å². The van der Waals surface area contributed by atoms with Crippen LogP contribution in [0.15, 0.2) is 72.1 Å². The van der Waals surface area contributed by atoms with Crippen molar-refractivity contribution in [1.82, 2.24) is 20.1 Å². The van der Waals surface area contributed by atoms with E-state index in [2.05, 4.69) is 39.7 Å². The van der Waals surface area contributed by atoms with E-state index in [1.165, 1.54) is 10.4 Å². The van der Waals surface area contributed by atoms with E-state index in [0.29, 0.717) is 13.0 Å². The number of carbonyl (C=O) groups excluding carboxylic acids is 1. The molecule has 0 spiro atoms. The quantitative estimate of drug-likeness (QED) is 0.463. The molecule has 0 radical (unpaired) electrons. The number of aryl methyl sites for hydroxylation is 3. The average Bonchev–Trinajstić information content (AvgIpc) is 3.43. The molecule has 0 saturated carbocycles. The highest BCUT2D eigenvalue weighted by molar-refractivity contribution is 7.09. The molecule has 2 aromatic heterocycles. The van der Waals surface area contributed by atoms with Gasteiger partial charge < -0.3 is 5.32 Å². The SMILES string of the molecule is Cc1cccc(-n2nc(C(=O)NCCc3cccs3)nc2CCc2ccccc2)c1. The van der Waals surface area contributed by atoms with Crippen LogP contribution in [0, 0.1) is 6.92 Å². The minimum absolute atomic E-state index is 0.214. The summed E-state index contributed by atoms with van der Waals surface area (Å²) in [7, 11) is 0. The van der Waals surface area contributed by atoms with E-state index >= 15 is 0 Å². The van der Waals surface area contributed by atoms with E-state index in [1.807, 2.05) is 54.8 Å². The molecule has 0 unspecified atom stereocenters. The molecule has 4 aromatic rings. The Morgan fingerprint density at radius 3 is 2.63 bits per heavy atom. The molecule has 2 aromatic carbocycles. The fourth-order valence-electron chi connectivity index (χ4n) is 3.30. The van der Waals surface area contributed by atoms with Crippen molar-refractivity contribution in [1.29, 1.82) is 0 Å². The van der Waals surface area contributed by atoms with Crippen LogP contribution in [-0.4, -0.2) is 27.2 Å². The van der Waals surface area contributed by atoms with Gasteiger partial charge in [-0.15, -0.1) is 16.4 Å². The van der Waals surface area contributed by atoms with E-state index in [-0.39, 0.29) is 11.7 Å². The van der Waals surface area contributed by atoms with Gasteiger partial charge in [0.25, 0.3) is 5.91 Å². The van der Waals surface area contributed by atoms with Crippen molar-refractivity contribution >= 4 is 17.2 Å². The van der Waals surface area contributed by atoms with Crippen LogP contribution in [0.2, 0.25) is 0 Å². The fourth-order valence-corrected chi connectivity index (χ4v) is 4.01. The first-order valence-electron chi connectivity index (χ1n) is 10.1. The molecule has 0 atom stereocenters. The number of thiophene rings is 1. The van der Waals surface area contributed by atoms with Crippen molar-refractivity contribution in [3.63, 3.8) is 0 Å². The first kappa shape index (κ1) is 20.0. The van der Waals surface area contributed by atoms with Crippen LogP contribution >= 0.6 is 11.3 Å². The summed E-state index contributed by atoms with van der Waals surface area (Å²) in [6.45, 7) is 2.61. The van der Waals surface area contributed by atoms with Gasteiger partial charge in [0.1, 0.15) is 5.82 Å². The van der Waals surface area contributed by atoms with Crippen molar-refractivity contribution in [2.24, 2.45) is 0 Å². The zero-order chi connectivity index (χ0) is 20.8. The summed E-state index contributed by atoms with van der Waals surface area (Å²) in [4.78, 5) is 18.5. The van der Waals surface area contributed by atoms with Gasteiger partial charge >= 0.3 is 0 Å². The Morgan fingerprint density at radius 2 is 1.87 bits per heavy atom. The lowest BCUT2D eigenvalue weighted by Gasteiger charge is -2.07. The van der Waals surface area contributed by atoms with Gasteiger partial charge in [-0.2, -0.15) is 0 Å². The average molecular weight is 417 g/mol. The highest BCUT2D eigenvalue weighted by Gasteiger charge is 2.17. The van der Waals surface area contributed by atoms with Gasteiger partial charge in [0.2, 0.25) is 5.82 Å². The van der Waals surface area contributed by atoms with Crippen LogP contribution in [0.4, 0.5) is 0 Å². The molecule has 0 fully saturated rings. The first-order chi connectivity index (χ1) is 14.7. The molecule has 0 aliphatic carbocycles. The summed E-state index contributed by atoms with van der Waals surface area (Å²) in [6.07, 6.45) is 2.35. The predicted molar refractivity (Wildman–Crippen MR) is 120 cm³/mol. The van der Waals surface area contributed by atoms with Crippen LogP contribution in [0.1, 0.15) is 32.4 Å². The summed E-state index contributed by atoms with van der Waals surface area (Å²) >= 11 is 1.69. The minimum Gasteiger partial charge on any atom is -0.349 e. The largest absolute Gasteiger partial charge is 0.349 e. The van der Waals surface area contributed by atoms with Crippen LogP contribution in [0.3, 0.4) is 0 Å². The molecule has 0 bridgehead atoms. The van der Waals surface area contributed by atoms with Crippen molar-refractivity contribution in [2.45, 2.75) is 26.2 Å². The number of amides is 1. The Kier molecular flexibility index (Phi) is 6.35. The van der Waals surface area contributed by atoms with E-state index in [4.69, 9.17) is 0 Å². The third kappa shape index (κ3) is 5.02. The Balaban J connectivity index is 1.52. The maximum Gasteiger partial charge on any atom is 0.290 e. The van der Waals surface area contributed by atoms with E-state index in [1.54, 1.807) is 16.0 Å². The Hall–Kier alpha value is -3.25. The molecule has 0 aliphatic rings. The highest BCUT2D eigenvalue weighted by atomic mass is 32.1. The minimum atomic E-state index is -0.237. The van der Waals surface area contributed by atoms with Crippen LogP contribution in [-0.2, 0) is 19.3 Å². The normalized spacial score (nSPS) is 10.8. The van der Waals surface area contributed by atoms with Crippen LogP contribution in [0.5, 0.6) is 0 Å². The molecule has 0 saturated heterocycles. The van der Waals surface area contributed by atoms with Gasteiger partial charge in [0, 0.05) is 17.8 Å². The maximum atomic E-state index is 12.7. The molecule has 1 amide bonds. The second kappa shape index (κ2) is 9.50. The number of benzene rings is 2. The van der Waals surface area contributed by atoms with Gasteiger partial charge in [-0.05, 0) is 54.5 Å². The molecular weight excluding hydrogens is 392 g/mol. The summed E-state index contributed by atoms with van der Waals surface area (Å²) < 4.78 is 1.80. The highest BCUT2D eigenvalue weighted by Crippen LogP contribution is 2.15. The number of rotatable bonds is 8. The standard InChI is InChI=1S/C24H24N4OS/c1-18-7-5-10-20(17-18)28-22(13-12-19-8-3-2-4-9-19)26-23(27-28)24(29)25-15-14-21-11-6-16-30-21/h2-11,16-17H,12-15H2,1H3,(H,25,29). The summed E-state index contributed by atoms with van der Waals surface area (Å²) in [5, 5.41) is 9.53. The molecular formula is C24H24N4OS. The molecule has 152 valence electrons. The van der Waals surface area contributed by atoms with Gasteiger partial charge in [-0.1, -0.05) is 48.5 Å². The first-order valence-corrected chi connectivity index (χ1v) is 10.9. The third-order valence-corrected chi connectivity index (χ3v) is 5.78. The zero-order valence-electron chi connectivity index (χ0n) is 16.9. The lowest BCUT2D eigenvalue weighted by atomic mass is 10.1. The molecule has 4 rings (SSSR count). The predicted octanol–water partition coefficient (Wildman–Crippen LogP) is 4.39. The zero-order valence-corrected chi connectivity index (χ0v) is 17.7. The number of nitrogens with one attached hydrogen (secondary N) is 1. The summed E-state index contributed by atoms with van der Waals surface area (Å²) in [5.74, 6) is 0.762. The lowest BCUT2D eigenvalue weighted by Crippen LogP contribution is -2.26. The number of aromatic nitrogens is 3. The summed E-state index contributed by atoms with van der Waals surface area (Å²) in [5.41, 5.74) is 3.29. The summed E-state index contributed by atoms with van der Waals surface area (Å²) in [6, 6.07) is 22.5. The number of hydrogen-bond acceptors (Lipinski definition) is 4. The second-order valence-corrected chi connectivity index (χ2v) is 8.21. The molecule has 6 heteroatoms. The lowest BCUT2D eigenvalue weighted by molar-refractivity contribution is 0.0944. The number of nitrogens with zero attached hydrogens (tertiary/aromatic N) is 3. The van der Waals surface area contributed by atoms with E-state index in [9.17, 15) is 4.79 Å². The van der Waals surface area contributed by atoms with E-state index < -0.39 is 0 Å². The van der Waals surface area contributed by atoms with Gasteiger partial charge in [0.15, 0.2) is 0 Å². The molecule has 5 nitrogen and oxygen atoms in total. The topological polar surface area (TPSA) is 59.8 Å². The van der Waals surface area contributed by atoms with Crippen molar-refractivity contribution in [3.05, 3.63) is 99.8 Å². The van der Waals surface area contributed by atoms with Gasteiger partial charge in [0.05, 0.1) is 5.69 Å². The van der Waals surface area contributed by atoms with E-state index in [0.717, 1.165) is 29.9 Å². The Labute approximate surface area is 180 Å². The smallest absolute Gasteiger partial charge is 0.290 e. The van der Waals surface area contributed by atoms with Crippen molar-refractivity contribution < 1.29 is 4.79 Å². The fraction of sp³-hybridized carbons (Fsp3) is 0.208. The van der Waals surface area contributed by atoms with Gasteiger partial charge in [-0.25, -0.2) is 9.67 Å². The molecule has 30 heavy (non-hydrogen) atoms. The number of hydrogen-bond donors (Lipinski definition) is 1. The maximum absolute atomic E-state index is 12.7. The van der Waals surface area contributed by atoms with Crippen molar-refractivity contribution in [2.75, 3.05) is 6.54 Å². The van der Waals surface area contributed by atoms with Crippen molar-refractivity contribution in [3.8, 4) is 5.69 Å². The van der Waals surface area contributed by atoms with Crippen LogP contribution in [0.25, 0.3) is 5.69 Å². The monoisotopic (exact) mass is 416 g/mol. The molecule has 1 N–H and O–H groups in total. The number of carbonyl (C=O) groups is 1. The molecule has 2 heterocycles. The second-order valence-electron chi connectivity index (χ2n) is 7.17. The Bertz CT molecular complexity index is 1100. The Morgan fingerprint density at radius 1 is 1.00 bits per heavy atom.